The topological polar surface area (TPSA) is 29.1 Å². The Balaban J connectivity index is 2.75. The molecule has 1 amide bonds. The van der Waals surface area contributed by atoms with Gasteiger partial charge in [0.25, 0.3) is 5.91 Å². The molecule has 1 N–H and O–H groups in total. The first-order chi connectivity index (χ1) is 8.84. The van der Waals surface area contributed by atoms with E-state index in [0.717, 1.165) is 0 Å². The molecule has 0 spiro atoms. The van der Waals surface area contributed by atoms with Crippen LogP contribution in [0.15, 0.2) is 22.7 Å². The maximum Gasteiger partial charge on any atom is 0.255 e. The zero-order valence-corrected chi connectivity index (χ0v) is 13.4. The molecule has 0 bridgehead atoms. The van der Waals surface area contributed by atoms with Crippen molar-refractivity contribution in [1.29, 1.82) is 0 Å². The number of halogens is 2. The van der Waals surface area contributed by atoms with E-state index in [4.69, 9.17) is 0 Å². The van der Waals surface area contributed by atoms with Crippen LogP contribution in [-0.2, 0) is 0 Å². The average molecular weight is 330 g/mol. The number of amides is 1. The lowest BCUT2D eigenvalue weighted by Crippen LogP contribution is -2.34. The fraction of sp³-hybridized carbons (Fsp3) is 0.533. The first-order valence-electron chi connectivity index (χ1n) is 6.56. The van der Waals surface area contributed by atoms with Gasteiger partial charge in [0, 0.05) is 11.0 Å². The van der Waals surface area contributed by atoms with Gasteiger partial charge in [0.1, 0.15) is 5.82 Å². The quantitative estimate of drug-likeness (QED) is 0.859. The number of nitrogens with one attached hydrogen (secondary N) is 1. The summed E-state index contributed by atoms with van der Waals surface area (Å²) in [6.45, 7) is 9.10. The van der Waals surface area contributed by atoms with E-state index in [0.29, 0.717) is 28.8 Å². The van der Waals surface area contributed by atoms with Crippen LogP contribution in [0, 0.1) is 23.6 Å². The minimum atomic E-state index is -0.502. The van der Waals surface area contributed by atoms with Crippen LogP contribution >= 0.6 is 15.9 Å². The highest BCUT2D eigenvalue weighted by Gasteiger charge is 2.20. The summed E-state index contributed by atoms with van der Waals surface area (Å²) in [6, 6.07) is 4.53. The number of benzene rings is 1. The van der Waals surface area contributed by atoms with Crippen molar-refractivity contribution in [3.05, 3.63) is 34.1 Å². The molecule has 0 aliphatic heterocycles. The minimum Gasteiger partial charge on any atom is -0.352 e. The van der Waals surface area contributed by atoms with Crippen LogP contribution < -0.4 is 5.32 Å². The van der Waals surface area contributed by atoms with Gasteiger partial charge in [0.15, 0.2) is 0 Å². The molecule has 106 valence electrons. The van der Waals surface area contributed by atoms with Gasteiger partial charge in [-0.3, -0.25) is 4.79 Å². The molecule has 0 unspecified atom stereocenters. The van der Waals surface area contributed by atoms with Crippen molar-refractivity contribution in [2.24, 2.45) is 17.8 Å². The number of carbonyl (C=O) groups is 1. The van der Waals surface area contributed by atoms with E-state index >= 15 is 0 Å². The molecule has 0 aliphatic rings. The summed E-state index contributed by atoms with van der Waals surface area (Å²) in [5.74, 6) is 0.469. The molecule has 0 heterocycles. The zero-order valence-electron chi connectivity index (χ0n) is 11.8. The lowest BCUT2D eigenvalue weighted by atomic mass is 9.85. The molecule has 1 rings (SSSR count). The van der Waals surface area contributed by atoms with Crippen molar-refractivity contribution >= 4 is 21.8 Å². The lowest BCUT2D eigenvalue weighted by Gasteiger charge is -2.25. The summed E-state index contributed by atoms with van der Waals surface area (Å²) in [7, 11) is 0. The van der Waals surface area contributed by atoms with E-state index in [1.807, 2.05) is 0 Å². The van der Waals surface area contributed by atoms with Crippen LogP contribution in [0.3, 0.4) is 0 Å². The van der Waals surface area contributed by atoms with Gasteiger partial charge in [-0.1, -0.05) is 33.8 Å². The van der Waals surface area contributed by atoms with Gasteiger partial charge in [-0.2, -0.15) is 0 Å². The summed E-state index contributed by atoms with van der Waals surface area (Å²) in [4.78, 5) is 12.1. The highest BCUT2D eigenvalue weighted by molar-refractivity contribution is 9.10. The number of carbonyl (C=O) groups excluding carboxylic acids is 1. The van der Waals surface area contributed by atoms with E-state index in [1.165, 1.54) is 6.07 Å². The van der Waals surface area contributed by atoms with Crippen molar-refractivity contribution in [3.8, 4) is 0 Å². The summed E-state index contributed by atoms with van der Waals surface area (Å²) in [6.07, 6.45) is 0. The second kappa shape index (κ2) is 7.04. The molecule has 0 radical (unpaired) electrons. The van der Waals surface area contributed by atoms with Crippen LogP contribution in [0.2, 0.25) is 0 Å². The van der Waals surface area contributed by atoms with Crippen molar-refractivity contribution < 1.29 is 9.18 Å². The van der Waals surface area contributed by atoms with Gasteiger partial charge in [0.2, 0.25) is 0 Å². The SMILES string of the molecule is CC(C)C(CNC(=O)c1c(F)cccc1Br)C(C)C. The Morgan fingerprint density at radius 2 is 1.84 bits per heavy atom. The molecule has 0 aromatic heterocycles. The summed E-state index contributed by atoms with van der Waals surface area (Å²) < 4.78 is 14.1. The van der Waals surface area contributed by atoms with Gasteiger partial charge in [0.05, 0.1) is 5.56 Å². The largest absolute Gasteiger partial charge is 0.352 e. The smallest absolute Gasteiger partial charge is 0.255 e. The van der Waals surface area contributed by atoms with Gasteiger partial charge in [-0.05, 0) is 45.8 Å². The van der Waals surface area contributed by atoms with E-state index in [-0.39, 0.29) is 11.5 Å². The summed E-state index contributed by atoms with van der Waals surface area (Å²) in [5.41, 5.74) is 0.0776. The Morgan fingerprint density at radius 3 is 2.32 bits per heavy atom. The molecule has 2 nitrogen and oxygen atoms in total. The van der Waals surface area contributed by atoms with Crippen molar-refractivity contribution in [1.82, 2.24) is 5.32 Å². The van der Waals surface area contributed by atoms with Crippen LogP contribution in [0.25, 0.3) is 0 Å². The third kappa shape index (κ3) is 4.30. The Hall–Kier alpha value is -0.900. The van der Waals surface area contributed by atoms with E-state index < -0.39 is 5.82 Å². The minimum absolute atomic E-state index is 0.0776. The molecule has 4 heteroatoms. The highest BCUT2D eigenvalue weighted by atomic mass is 79.9. The Kier molecular flexibility index (Phi) is 5.98. The first kappa shape index (κ1) is 16.2. The number of hydrogen-bond donors (Lipinski definition) is 1. The van der Waals surface area contributed by atoms with Crippen molar-refractivity contribution in [2.45, 2.75) is 27.7 Å². The molecule has 1 aromatic carbocycles. The molecular weight excluding hydrogens is 309 g/mol. The monoisotopic (exact) mass is 329 g/mol. The molecule has 0 saturated heterocycles. The lowest BCUT2D eigenvalue weighted by molar-refractivity contribution is 0.0932. The predicted octanol–water partition coefficient (Wildman–Crippen LogP) is 4.25. The fourth-order valence-corrected chi connectivity index (χ4v) is 2.78. The van der Waals surface area contributed by atoms with Crippen LogP contribution in [0.4, 0.5) is 4.39 Å². The first-order valence-corrected chi connectivity index (χ1v) is 7.36. The predicted molar refractivity (Wildman–Crippen MR) is 79.6 cm³/mol. The van der Waals surface area contributed by atoms with E-state index in [1.54, 1.807) is 12.1 Å². The van der Waals surface area contributed by atoms with Crippen molar-refractivity contribution in [2.75, 3.05) is 6.54 Å². The molecule has 0 fully saturated rings. The van der Waals surface area contributed by atoms with Crippen LogP contribution in [0.5, 0.6) is 0 Å². The Bertz CT molecular complexity index is 418. The second-order valence-electron chi connectivity index (χ2n) is 5.46. The zero-order chi connectivity index (χ0) is 14.6. The maximum atomic E-state index is 13.7. The van der Waals surface area contributed by atoms with Gasteiger partial charge < -0.3 is 5.32 Å². The average Bonchev–Trinajstić information content (AvgIpc) is 2.27. The normalized spacial score (nSPS) is 11.4. The van der Waals surface area contributed by atoms with Gasteiger partial charge >= 0.3 is 0 Å². The van der Waals surface area contributed by atoms with Crippen molar-refractivity contribution in [3.63, 3.8) is 0 Å². The standard InChI is InChI=1S/C15H21BrFNO/c1-9(2)11(10(3)4)8-18-15(19)14-12(16)6-5-7-13(14)17/h5-7,9-11H,8H2,1-4H3,(H,18,19). The molecule has 1 aromatic rings. The summed E-state index contributed by atoms with van der Waals surface area (Å²) >= 11 is 3.21. The molecule has 19 heavy (non-hydrogen) atoms. The van der Waals surface area contributed by atoms with E-state index in [9.17, 15) is 9.18 Å². The molecule has 0 atom stereocenters. The Morgan fingerprint density at radius 1 is 1.26 bits per heavy atom. The van der Waals surface area contributed by atoms with Gasteiger partial charge in [-0.25, -0.2) is 4.39 Å². The molecule has 0 saturated carbocycles. The molecular formula is C15H21BrFNO. The maximum absolute atomic E-state index is 13.7. The Labute approximate surface area is 122 Å². The third-order valence-corrected chi connectivity index (χ3v) is 4.06. The number of hydrogen-bond acceptors (Lipinski definition) is 1. The third-order valence-electron chi connectivity index (χ3n) is 3.40. The second-order valence-corrected chi connectivity index (χ2v) is 6.31. The van der Waals surface area contributed by atoms with E-state index in [2.05, 4.69) is 48.9 Å². The fourth-order valence-electron chi connectivity index (χ4n) is 2.25. The summed E-state index contributed by atoms with van der Waals surface area (Å²) in [5, 5.41) is 2.83. The number of rotatable bonds is 5. The highest BCUT2D eigenvalue weighted by Crippen LogP contribution is 2.21. The van der Waals surface area contributed by atoms with Gasteiger partial charge in [-0.15, -0.1) is 0 Å². The van der Waals surface area contributed by atoms with Crippen LogP contribution in [-0.4, -0.2) is 12.5 Å². The molecule has 0 aliphatic carbocycles. The van der Waals surface area contributed by atoms with Crippen LogP contribution in [0.1, 0.15) is 38.1 Å².